The molecule has 50 heavy (non-hydrogen) atoms. The Bertz CT molecular complexity index is 1400. The summed E-state index contributed by atoms with van der Waals surface area (Å²) in [4.78, 5) is 52.3. The van der Waals surface area contributed by atoms with E-state index in [4.69, 9.17) is 19.3 Å². The van der Waals surface area contributed by atoms with Gasteiger partial charge in [0.25, 0.3) is 0 Å². The molecule has 0 bridgehead atoms. The Kier molecular flexibility index (Phi) is 19.0. The fraction of sp³-hybridized carbons (Fsp3) is 0.421. The van der Waals surface area contributed by atoms with Crippen LogP contribution in [0.4, 0.5) is 14.4 Å². The van der Waals surface area contributed by atoms with Gasteiger partial charge in [0.15, 0.2) is 0 Å². The lowest BCUT2D eigenvalue weighted by molar-refractivity contribution is -0.135. The van der Waals surface area contributed by atoms with Crippen LogP contribution in [0.3, 0.4) is 0 Å². The molecule has 3 aromatic carbocycles. The summed E-state index contributed by atoms with van der Waals surface area (Å²) >= 11 is 0. The van der Waals surface area contributed by atoms with E-state index in [1.807, 2.05) is 91.0 Å². The molecule has 0 fully saturated rings. The van der Waals surface area contributed by atoms with Crippen molar-refractivity contribution in [3.63, 3.8) is 0 Å². The lowest BCUT2D eigenvalue weighted by atomic mass is 10.2. The minimum atomic E-state index is -0.912. The minimum absolute atomic E-state index is 0.106. The van der Waals surface area contributed by atoms with Crippen molar-refractivity contribution in [3.8, 4) is 0 Å². The Morgan fingerprint density at radius 2 is 0.900 bits per heavy atom. The van der Waals surface area contributed by atoms with Crippen LogP contribution < -0.4 is 10.6 Å². The molecule has 0 unspecified atom stereocenters. The molecule has 3 N–H and O–H groups in total. The second kappa shape index (κ2) is 24.1. The van der Waals surface area contributed by atoms with E-state index in [1.54, 1.807) is 9.80 Å². The molecule has 12 nitrogen and oxygen atoms in total. The Morgan fingerprint density at radius 1 is 0.520 bits per heavy atom. The summed E-state index contributed by atoms with van der Waals surface area (Å²) in [5, 5.41) is 14.4. The van der Waals surface area contributed by atoms with E-state index in [0.29, 0.717) is 77.8 Å². The monoisotopic (exact) mass is 690 g/mol. The van der Waals surface area contributed by atoms with E-state index in [0.717, 1.165) is 16.7 Å². The number of unbranched alkanes of at least 4 members (excludes halogenated alkanes) is 3. The summed E-state index contributed by atoms with van der Waals surface area (Å²) in [6, 6.07) is 28.4. The number of hydrogen-bond acceptors (Lipinski definition) is 8. The summed E-state index contributed by atoms with van der Waals surface area (Å²) in [5.41, 5.74) is 2.69. The summed E-state index contributed by atoms with van der Waals surface area (Å²) < 4.78 is 16.5. The van der Waals surface area contributed by atoms with Gasteiger partial charge in [-0.25, -0.2) is 14.4 Å². The van der Waals surface area contributed by atoms with Crippen LogP contribution in [-0.4, -0.2) is 85.0 Å². The highest BCUT2D eigenvalue weighted by atomic mass is 16.6. The molecule has 0 radical (unpaired) electrons. The predicted octanol–water partition coefficient (Wildman–Crippen LogP) is 6.21. The number of rotatable bonds is 23. The summed E-state index contributed by atoms with van der Waals surface area (Å²) in [7, 11) is 0. The number of hydrogen-bond donors (Lipinski definition) is 3. The van der Waals surface area contributed by atoms with Crippen molar-refractivity contribution in [1.29, 1.82) is 0 Å². The zero-order valence-corrected chi connectivity index (χ0v) is 28.7. The standard InChI is InChI=1S/C38H50N4O8/c43-35(44)28-39-22-10-12-24-41(37(46)49-30-33-18-6-2-7-19-33)26-14-15-27-42(38(47)50-31-34-20-8-3-9-21-34)25-13-11-23-40-36(45)48-29-32-16-4-1-5-17-32/h1-9,16-21,39H,10-15,22-31H2,(H,40,45)(H,43,44). The maximum Gasteiger partial charge on any atom is 0.410 e. The Hall–Kier alpha value is -5.10. The normalized spacial score (nSPS) is 10.6. The number of carboxylic acids is 1. The first kappa shape index (κ1) is 39.3. The molecule has 0 aliphatic carbocycles. The maximum absolute atomic E-state index is 13.1. The Balaban J connectivity index is 1.46. The third-order valence-corrected chi connectivity index (χ3v) is 7.68. The van der Waals surface area contributed by atoms with Crippen molar-refractivity contribution in [3.05, 3.63) is 108 Å². The first-order valence-corrected chi connectivity index (χ1v) is 17.2. The molecule has 270 valence electrons. The molecule has 0 saturated heterocycles. The van der Waals surface area contributed by atoms with Gasteiger partial charge in [0.2, 0.25) is 0 Å². The molecule has 0 saturated carbocycles. The van der Waals surface area contributed by atoms with Gasteiger partial charge in [-0.15, -0.1) is 0 Å². The van der Waals surface area contributed by atoms with Crippen LogP contribution in [0, 0.1) is 0 Å². The second-order valence-electron chi connectivity index (χ2n) is 11.7. The Labute approximate surface area is 294 Å². The van der Waals surface area contributed by atoms with Crippen LogP contribution in [0.1, 0.15) is 55.2 Å². The molecule has 0 heterocycles. The molecule has 0 atom stereocenters. The van der Waals surface area contributed by atoms with Crippen molar-refractivity contribution in [2.75, 3.05) is 45.8 Å². The zero-order chi connectivity index (χ0) is 35.7. The van der Waals surface area contributed by atoms with E-state index in [-0.39, 0.29) is 26.4 Å². The first-order chi connectivity index (χ1) is 24.4. The van der Waals surface area contributed by atoms with Crippen LogP contribution in [0.25, 0.3) is 0 Å². The van der Waals surface area contributed by atoms with Gasteiger partial charge in [0.1, 0.15) is 19.8 Å². The number of alkyl carbamates (subject to hydrolysis) is 1. The number of benzene rings is 3. The molecule has 3 aromatic rings. The third-order valence-electron chi connectivity index (χ3n) is 7.68. The lowest BCUT2D eigenvalue weighted by Crippen LogP contribution is -2.36. The molecule has 0 aliphatic heterocycles. The predicted molar refractivity (Wildman–Crippen MR) is 189 cm³/mol. The summed E-state index contributed by atoms with van der Waals surface area (Å²) in [6.45, 7) is 3.14. The van der Waals surface area contributed by atoms with Gasteiger partial charge in [0, 0.05) is 32.7 Å². The van der Waals surface area contributed by atoms with Crippen LogP contribution in [0.15, 0.2) is 91.0 Å². The molecule has 0 aliphatic rings. The summed E-state index contributed by atoms with van der Waals surface area (Å²) in [6.07, 6.45) is 2.62. The lowest BCUT2D eigenvalue weighted by Gasteiger charge is -2.24. The van der Waals surface area contributed by atoms with Crippen LogP contribution in [0.2, 0.25) is 0 Å². The minimum Gasteiger partial charge on any atom is -0.480 e. The molecule has 3 amide bonds. The maximum atomic E-state index is 13.1. The van der Waals surface area contributed by atoms with Gasteiger partial charge in [0.05, 0.1) is 6.54 Å². The van der Waals surface area contributed by atoms with Crippen molar-refractivity contribution in [1.82, 2.24) is 20.4 Å². The molecule has 0 spiro atoms. The van der Waals surface area contributed by atoms with Gasteiger partial charge in [-0.05, 0) is 61.8 Å². The van der Waals surface area contributed by atoms with Gasteiger partial charge in [-0.3, -0.25) is 4.79 Å². The molecule has 12 heteroatoms. The zero-order valence-electron chi connectivity index (χ0n) is 28.7. The number of ether oxygens (including phenoxy) is 3. The van der Waals surface area contributed by atoms with Crippen molar-refractivity contribution in [2.45, 2.75) is 58.3 Å². The van der Waals surface area contributed by atoms with Crippen molar-refractivity contribution < 1.29 is 38.5 Å². The van der Waals surface area contributed by atoms with E-state index in [1.165, 1.54) is 0 Å². The molecular formula is C38H50N4O8. The van der Waals surface area contributed by atoms with Crippen LogP contribution in [0.5, 0.6) is 0 Å². The fourth-order valence-electron chi connectivity index (χ4n) is 4.96. The highest BCUT2D eigenvalue weighted by Crippen LogP contribution is 2.10. The Morgan fingerprint density at radius 3 is 1.32 bits per heavy atom. The number of carbonyl (C=O) groups excluding carboxylic acids is 3. The number of nitrogens with zero attached hydrogens (tertiary/aromatic N) is 2. The summed E-state index contributed by atoms with van der Waals surface area (Å²) in [5.74, 6) is -0.912. The second-order valence-corrected chi connectivity index (χ2v) is 11.7. The smallest absolute Gasteiger partial charge is 0.410 e. The highest BCUT2D eigenvalue weighted by Gasteiger charge is 2.18. The number of carboxylic acid groups (broad SMARTS) is 1. The highest BCUT2D eigenvalue weighted by molar-refractivity contribution is 5.69. The number of carbonyl (C=O) groups is 4. The van der Waals surface area contributed by atoms with Gasteiger partial charge >= 0.3 is 24.2 Å². The number of amides is 3. The number of aliphatic carboxylic acids is 1. The van der Waals surface area contributed by atoms with Crippen LogP contribution >= 0.6 is 0 Å². The van der Waals surface area contributed by atoms with Crippen molar-refractivity contribution >= 4 is 24.2 Å². The van der Waals surface area contributed by atoms with E-state index in [2.05, 4.69) is 10.6 Å². The van der Waals surface area contributed by atoms with Crippen LogP contribution in [-0.2, 0) is 38.8 Å². The number of nitrogens with one attached hydrogen (secondary N) is 2. The topological polar surface area (TPSA) is 147 Å². The quantitative estimate of drug-likeness (QED) is 0.0781. The average molecular weight is 691 g/mol. The molecular weight excluding hydrogens is 640 g/mol. The third kappa shape index (κ3) is 17.3. The van der Waals surface area contributed by atoms with E-state index >= 15 is 0 Å². The van der Waals surface area contributed by atoms with E-state index < -0.39 is 24.2 Å². The van der Waals surface area contributed by atoms with Gasteiger partial charge in [-0.2, -0.15) is 0 Å². The van der Waals surface area contributed by atoms with E-state index in [9.17, 15) is 19.2 Å². The SMILES string of the molecule is O=C(O)CNCCCCN(CCCCN(CCCCNC(=O)OCc1ccccc1)C(=O)OCc1ccccc1)C(=O)OCc1ccccc1. The fourth-order valence-corrected chi connectivity index (χ4v) is 4.96. The molecule has 0 aromatic heterocycles. The van der Waals surface area contributed by atoms with Gasteiger partial charge < -0.3 is 39.8 Å². The largest absolute Gasteiger partial charge is 0.480 e. The average Bonchev–Trinajstić information content (AvgIpc) is 3.14. The first-order valence-electron chi connectivity index (χ1n) is 17.2. The van der Waals surface area contributed by atoms with Gasteiger partial charge in [-0.1, -0.05) is 91.0 Å². The molecule has 3 rings (SSSR count). The van der Waals surface area contributed by atoms with Crippen molar-refractivity contribution in [2.24, 2.45) is 0 Å².